The number of nitrogens with two attached hydrogens (primary N) is 1. The first kappa shape index (κ1) is 11.9. The summed E-state index contributed by atoms with van der Waals surface area (Å²) >= 11 is 2.96. The van der Waals surface area contributed by atoms with Crippen LogP contribution in [0.1, 0.15) is 0 Å². The van der Waals surface area contributed by atoms with Gasteiger partial charge < -0.3 is 11.1 Å². The molecule has 0 saturated heterocycles. The van der Waals surface area contributed by atoms with E-state index < -0.39 is 0 Å². The molecule has 1 amide bonds. The fraction of sp³-hybridized carbons (Fsp3) is 0.0909. The molecule has 0 radical (unpaired) electrons. The zero-order chi connectivity index (χ0) is 12.1. The Morgan fingerprint density at radius 3 is 2.82 bits per heavy atom. The average Bonchev–Trinajstić information content (AvgIpc) is 2.83. The Kier molecular flexibility index (Phi) is 4.00. The van der Waals surface area contributed by atoms with E-state index in [2.05, 4.69) is 10.3 Å². The van der Waals surface area contributed by atoms with Crippen molar-refractivity contribution in [3.05, 3.63) is 35.8 Å². The number of anilines is 2. The molecule has 1 heterocycles. The summed E-state index contributed by atoms with van der Waals surface area (Å²) < 4.78 is 0.900. The number of carbonyl (C=O) groups is 1. The highest BCUT2D eigenvalue weighted by molar-refractivity contribution is 8.01. The van der Waals surface area contributed by atoms with Gasteiger partial charge in [0.25, 0.3) is 0 Å². The molecule has 0 spiro atoms. The number of amides is 1. The van der Waals surface area contributed by atoms with Gasteiger partial charge in [0.2, 0.25) is 5.91 Å². The quantitative estimate of drug-likeness (QED) is 0.658. The van der Waals surface area contributed by atoms with Crippen molar-refractivity contribution in [3.63, 3.8) is 0 Å². The lowest BCUT2D eigenvalue weighted by molar-refractivity contribution is -0.113. The number of benzene rings is 1. The molecular weight excluding hydrogens is 254 g/mol. The molecule has 0 bridgehead atoms. The fourth-order valence-electron chi connectivity index (χ4n) is 1.17. The van der Waals surface area contributed by atoms with Crippen molar-refractivity contribution in [2.75, 3.05) is 16.8 Å². The molecular formula is C11H11N3OS2. The van der Waals surface area contributed by atoms with E-state index in [4.69, 9.17) is 5.73 Å². The van der Waals surface area contributed by atoms with Gasteiger partial charge in [-0.25, -0.2) is 4.98 Å². The minimum atomic E-state index is -0.0463. The van der Waals surface area contributed by atoms with Crippen LogP contribution in [0.2, 0.25) is 0 Å². The normalized spacial score (nSPS) is 10.1. The molecule has 6 heteroatoms. The van der Waals surface area contributed by atoms with Gasteiger partial charge in [0.1, 0.15) is 4.34 Å². The van der Waals surface area contributed by atoms with Crippen molar-refractivity contribution >= 4 is 40.4 Å². The summed E-state index contributed by atoms with van der Waals surface area (Å²) in [6.07, 6.45) is 1.73. The van der Waals surface area contributed by atoms with Gasteiger partial charge in [0, 0.05) is 23.0 Å². The zero-order valence-electron chi connectivity index (χ0n) is 8.92. The van der Waals surface area contributed by atoms with Crippen LogP contribution in [0.5, 0.6) is 0 Å². The summed E-state index contributed by atoms with van der Waals surface area (Å²) in [5, 5.41) is 4.68. The molecule has 0 aliphatic carbocycles. The number of nitrogens with one attached hydrogen (secondary N) is 1. The minimum Gasteiger partial charge on any atom is -0.399 e. The molecule has 0 aliphatic heterocycles. The van der Waals surface area contributed by atoms with E-state index in [1.165, 1.54) is 23.1 Å². The maximum Gasteiger partial charge on any atom is 0.234 e. The van der Waals surface area contributed by atoms with Gasteiger partial charge in [-0.1, -0.05) is 11.8 Å². The highest BCUT2D eigenvalue weighted by Crippen LogP contribution is 2.20. The first-order chi connectivity index (χ1) is 8.24. The van der Waals surface area contributed by atoms with Crippen LogP contribution >= 0.6 is 23.1 Å². The van der Waals surface area contributed by atoms with Crippen LogP contribution in [0.25, 0.3) is 0 Å². The third kappa shape index (κ3) is 3.76. The van der Waals surface area contributed by atoms with Crippen LogP contribution in [-0.4, -0.2) is 16.6 Å². The van der Waals surface area contributed by atoms with E-state index in [1.54, 1.807) is 30.5 Å². The van der Waals surface area contributed by atoms with Gasteiger partial charge in [-0.15, -0.1) is 11.3 Å². The van der Waals surface area contributed by atoms with E-state index in [0.29, 0.717) is 11.4 Å². The number of hydrogen-bond acceptors (Lipinski definition) is 5. The molecule has 2 rings (SSSR count). The fourth-order valence-corrected chi connectivity index (χ4v) is 2.61. The molecule has 0 fully saturated rings. The van der Waals surface area contributed by atoms with Gasteiger partial charge in [0.05, 0.1) is 5.75 Å². The molecule has 0 atom stereocenters. The summed E-state index contributed by atoms with van der Waals surface area (Å²) in [4.78, 5) is 15.7. The summed E-state index contributed by atoms with van der Waals surface area (Å²) in [5.41, 5.74) is 6.99. The Morgan fingerprint density at radius 1 is 1.41 bits per heavy atom. The van der Waals surface area contributed by atoms with Gasteiger partial charge >= 0.3 is 0 Å². The summed E-state index contributed by atoms with van der Waals surface area (Å²) in [7, 11) is 0. The SMILES string of the molecule is Nc1ccc(NC(=O)CSc2nccs2)cc1. The predicted octanol–water partition coefficient (Wildman–Crippen LogP) is 2.46. The second-order valence-electron chi connectivity index (χ2n) is 3.26. The van der Waals surface area contributed by atoms with Crippen molar-refractivity contribution in [1.82, 2.24) is 4.98 Å². The molecule has 1 aromatic heterocycles. The van der Waals surface area contributed by atoms with Crippen molar-refractivity contribution in [3.8, 4) is 0 Å². The molecule has 17 heavy (non-hydrogen) atoms. The number of carbonyl (C=O) groups excluding carboxylic acids is 1. The minimum absolute atomic E-state index is 0.0463. The summed E-state index contributed by atoms with van der Waals surface area (Å²) in [6.45, 7) is 0. The van der Waals surface area contributed by atoms with Crippen molar-refractivity contribution in [2.45, 2.75) is 4.34 Å². The van der Waals surface area contributed by atoms with Gasteiger partial charge in [-0.05, 0) is 24.3 Å². The van der Waals surface area contributed by atoms with Crippen LogP contribution in [0, 0.1) is 0 Å². The Morgan fingerprint density at radius 2 is 2.18 bits per heavy atom. The van der Waals surface area contributed by atoms with Crippen LogP contribution in [-0.2, 0) is 4.79 Å². The summed E-state index contributed by atoms with van der Waals surface area (Å²) in [6, 6.07) is 7.07. The van der Waals surface area contributed by atoms with E-state index in [9.17, 15) is 4.79 Å². The second kappa shape index (κ2) is 5.70. The Balaban J connectivity index is 1.83. The predicted molar refractivity (Wildman–Crippen MR) is 72.3 cm³/mol. The van der Waals surface area contributed by atoms with E-state index in [-0.39, 0.29) is 5.91 Å². The van der Waals surface area contributed by atoms with Crippen molar-refractivity contribution in [1.29, 1.82) is 0 Å². The molecule has 2 aromatic rings. The van der Waals surface area contributed by atoms with Crippen molar-refractivity contribution in [2.24, 2.45) is 0 Å². The molecule has 88 valence electrons. The second-order valence-corrected chi connectivity index (χ2v) is 5.37. The number of aromatic nitrogens is 1. The van der Waals surface area contributed by atoms with Gasteiger partial charge in [-0.3, -0.25) is 4.79 Å². The van der Waals surface area contributed by atoms with E-state index >= 15 is 0 Å². The Bertz CT molecular complexity index is 482. The van der Waals surface area contributed by atoms with Gasteiger partial charge in [-0.2, -0.15) is 0 Å². The van der Waals surface area contributed by atoms with Crippen LogP contribution < -0.4 is 11.1 Å². The number of thioether (sulfide) groups is 1. The molecule has 0 aliphatic rings. The highest BCUT2D eigenvalue weighted by atomic mass is 32.2. The molecule has 0 unspecified atom stereocenters. The first-order valence-electron chi connectivity index (χ1n) is 4.92. The van der Waals surface area contributed by atoms with Gasteiger partial charge in [0.15, 0.2) is 0 Å². The first-order valence-corrected chi connectivity index (χ1v) is 6.78. The standard InChI is InChI=1S/C11H11N3OS2/c12-8-1-3-9(4-2-8)14-10(15)7-17-11-13-5-6-16-11/h1-6H,7,12H2,(H,14,15). The number of nitrogen functional groups attached to an aromatic ring is 1. The molecule has 4 nitrogen and oxygen atoms in total. The van der Waals surface area contributed by atoms with E-state index in [0.717, 1.165) is 10.0 Å². The number of thiazole rings is 1. The third-order valence-corrected chi connectivity index (χ3v) is 3.90. The zero-order valence-corrected chi connectivity index (χ0v) is 10.6. The number of hydrogen-bond donors (Lipinski definition) is 2. The number of rotatable bonds is 4. The molecule has 1 aromatic carbocycles. The monoisotopic (exact) mass is 265 g/mol. The van der Waals surface area contributed by atoms with E-state index in [1.807, 2.05) is 5.38 Å². The maximum absolute atomic E-state index is 11.6. The highest BCUT2D eigenvalue weighted by Gasteiger charge is 2.04. The lowest BCUT2D eigenvalue weighted by Crippen LogP contribution is -2.13. The topological polar surface area (TPSA) is 68.0 Å². The molecule has 0 saturated carbocycles. The van der Waals surface area contributed by atoms with Crippen LogP contribution in [0.4, 0.5) is 11.4 Å². The lowest BCUT2D eigenvalue weighted by atomic mass is 10.3. The summed E-state index contributed by atoms with van der Waals surface area (Å²) in [5.74, 6) is 0.313. The molecule has 3 N–H and O–H groups in total. The average molecular weight is 265 g/mol. The number of nitrogens with zero attached hydrogens (tertiary/aromatic N) is 1. The van der Waals surface area contributed by atoms with Crippen molar-refractivity contribution < 1.29 is 4.79 Å². The maximum atomic E-state index is 11.6. The smallest absolute Gasteiger partial charge is 0.234 e. The third-order valence-electron chi connectivity index (χ3n) is 1.93. The van der Waals surface area contributed by atoms with Crippen LogP contribution in [0.15, 0.2) is 40.2 Å². The van der Waals surface area contributed by atoms with Crippen LogP contribution in [0.3, 0.4) is 0 Å². The Hall–Kier alpha value is -1.53. The Labute approximate surface area is 107 Å². The largest absolute Gasteiger partial charge is 0.399 e. The lowest BCUT2D eigenvalue weighted by Gasteiger charge is -2.04.